The second-order valence-electron chi connectivity index (χ2n) is 6.49. The predicted octanol–water partition coefficient (Wildman–Crippen LogP) is 2.68. The number of aromatic nitrogens is 1. The third kappa shape index (κ3) is 3.33. The van der Waals surface area contributed by atoms with Crippen LogP contribution in [-0.4, -0.2) is 34.8 Å². The number of amides is 2. The fourth-order valence-corrected chi connectivity index (χ4v) is 3.03. The molecule has 5 nitrogen and oxygen atoms in total. The van der Waals surface area contributed by atoms with Crippen LogP contribution < -0.4 is 5.32 Å². The van der Waals surface area contributed by atoms with Gasteiger partial charge in [-0.15, -0.1) is 0 Å². The third-order valence-corrected chi connectivity index (χ3v) is 4.11. The zero-order valence-corrected chi connectivity index (χ0v) is 13.5. The zero-order chi connectivity index (χ0) is 16.4. The van der Waals surface area contributed by atoms with Crippen LogP contribution in [0.3, 0.4) is 0 Å². The number of nitrogens with zero attached hydrogens (tertiary/aromatic N) is 2. The lowest BCUT2D eigenvalue weighted by Gasteiger charge is -2.18. The first-order chi connectivity index (χ1) is 11.0. The first-order valence-electron chi connectivity index (χ1n) is 7.96. The van der Waals surface area contributed by atoms with E-state index in [1.807, 2.05) is 24.3 Å². The Bertz CT molecular complexity index is 737. The van der Waals surface area contributed by atoms with Crippen LogP contribution >= 0.6 is 0 Å². The number of hydrogen-bond acceptors (Lipinski definition) is 3. The highest BCUT2D eigenvalue weighted by Gasteiger charge is 2.34. The fourth-order valence-electron chi connectivity index (χ4n) is 3.03. The summed E-state index contributed by atoms with van der Waals surface area (Å²) in [4.78, 5) is 30.4. The van der Waals surface area contributed by atoms with Gasteiger partial charge in [-0.1, -0.05) is 26.0 Å². The number of benzene rings is 1. The van der Waals surface area contributed by atoms with Crippen molar-refractivity contribution >= 4 is 28.3 Å². The molecule has 1 aromatic carbocycles. The minimum absolute atomic E-state index is 0.0703. The largest absolute Gasteiger partial charge is 0.342 e. The summed E-state index contributed by atoms with van der Waals surface area (Å²) in [6, 6.07) is 7.62. The lowest BCUT2D eigenvalue weighted by molar-refractivity contribution is -0.128. The molecule has 1 aromatic heterocycles. The molecule has 0 aliphatic carbocycles. The van der Waals surface area contributed by atoms with Crippen molar-refractivity contribution in [1.29, 1.82) is 0 Å². The third-order valence-electron chi connectivity index (χ3n) is 4.11. The van der Waals surface area contributed by atoms with Crippen LogP contribution in [0.2, 0.25) is 0 Å². The van der Waals surface area contributed by atoms with Gasteiger partial charge in [-0.3, -0.25) is 14.6 Å². The van der Waals surface area contributed by atoms with Gasteiger partial charge in [-0.25, -0.2) is 0 Å². The number of anilines is 1. The predicted molar refractivity (Wildman–Crippen MR) is 89.9 cm³/mol. The highest BCUT2D eigenvalue weighted by molar-refractivity contribution is 6.04. The Morgan fingerprint density at radius 2 is 2.22 bits per heavy atom. The fraction of sp³-hybridized carbons (Fsp3) is 0.389. The first-order valence-corrected chi connectivity index (χ1v) is 7.96. The van der Waals surface area contributed by atoms with E-state index in [-0.39, 0.29) is 17.7 Å². The second kappa shape index (κ2) is 6.36. The molecule has 1 saturated heterocycles. The zero-order valence-electron chi connectivity index (χ0n) is 13.5. The van der Waals surface area contributed by atoms with Crippen LogP contribution in [0.15, 0.2) is 36.7 Å². The molecule has 0 bridgehead atoms. The summed E-state index contributed by atoms with van der Waals surface area (Å²) in [5.74, 6) is 0.111. The molecule has 0 radical (unpaired) electrons. The number of carbonyl (C=O) groups excluding carboxylic acids is 2. The SMILES string of the molecule is CC(C)CN1C[C@@H](C(=O)Nc2cccc3cnccc23)CC1=O. The molecule has 1 fully saturated rings. The van der Waals surface area contributed by atoms with Crippen molar-refractivity contribution in [3.05, 3.63) is 36.7 Å². The van der Waals surface area contributed by atoms with Gasteiger partial charge in [0, 0.05) is 48.4 Å². The molecule has 0 saturated carbocycles. The van der Waals surface area contributed by atoms with Crippen molar-refractivity contribution in [2.75, 3.05) is 18.4 Å². The van der Waals surface area contributed by atoms with Crippen molar-refractivity contribution < 1.29 is 9.59 Å². The van der Waals surface area contributed by atoms with Crippen LogP contribution in [0.25, 0.3) is 10.8 Å². The molecule has 1 aliphatic heterocycles. The Morgan fingerprint density at radius 3 is 3.00 bits per heavy atom. The highest BCUT2D eigenvalue weighted by atomic mass is 16.2. The van der Waals surface area contributed by atoms with E-state index in [0.29, 0.717) is 25.4 Å². The lowest BCUT2D eigenvalue weighted by Crippen LogP contribution is -2.31. The number of fused-ring (bicyclic) bond motifs is 1. The molecular weight excluding hydrogens is 290 g/mol. The van der Waals surface area contributed by atoms with Gasteiger partial charge in [0.05, 0.1) is 5.92 Å². The number of hydrogen-bond donors (Lipinski definition) is 1. The number of carbonyl (C=O) groups is 2. The Hall–Kier alpha value is -2.43. The van der Waals surface area contributed by atoms with E-state index in [4.69, 9.17) is 0 Å². The van der Waals surface area contributed by atoms with Crippen LogP contribution in [0, 0.1) is 11.8 Å². The van der Waals surface area contributed by atoms with Crippen molar-refractivity contribution in [2.24, 2.45) is 11.8 Å². The van der Waals surface area contributed by atoms with Crippen LogP contribution in [0.5, 0.6) is 0 Å². The van der Waals surface area contributed by atoms with Gasteiger partial charge in [0.15, 0.2) is 0 Å². The van der Waals surface area contributed by atoms with E-state index in [9.17, 15) is 9.59 Å². The second-order valence-corrected chi connectivity index (χ2v) is 6.49. The van der Waals surface area contributed by atoms with Gasteiger partial charge in [0.2, 0.25) is 11.8 Å². The van der Waals surface area contributed by atoms with Gasteiger partial charge in [-0.05, 0) is 18.1 Å². The van der Waals surface area contributed by atoms with Crippen molar-refractivity contribution in [3.8, 4) is 0 Å². The number of likely N-dealkylation sites (tertiary alicyclic amines) is 1. The van der Waals surface area contributed by atoms with Gasteiger partial charge in [0.25, 0.3) is 0 Å². The summed E-state index contributed by atoms with van der Waals surface area (Å²) in [6.45, 7) is 5.37. The summed E-state index contributed by atoms with van der Waals surface area (Å²) in [7, 11) is 0. The molecule has 5 heteroatoms. The van der Waals surface area contributed by atoms with Crippen LogP contribution in [0.1, 0.15) is 20.3 Å². The maximum atomic E-state index is 12.5. The minimum Gasteiger partial charge on any atom is -0.342 e. The quantitative estimate of drug-likeness (QED) is 0.944. The Balaban J connectivity index is 1.73. The summed E-state index contributed by atoms with van der Waals surface area (Å²) < 4.78 is 0. The molecule has 1 aliphatic rings. The number of rotatable bonds is 4. The van der Waals surface area contributed by atoms with E-state index in [0.717, 1.165) is 16.5 Å². The topological polar surface area (TPSA) is 62.3 Å². The maximum Gasteiger partial charge on any atom is 0.229 e. The molecule has 1 atom stereocenters. The normalized spacial score (nSPS) is 18.0. The van der Waals surface area contributed by atoms with Crippen molar-refractivity contribution in [3.63, 3.8) is 0 Å². The molecule has 23 heavy (non-hydrogen) atoms. The Kier molecular flexibility index (Phi) is 4.28. The monoisotopic (exact) mass is 311 g/mol. The average molecular weight is 311 g/mol. The van der Waals surface area contributed by atoms with E-state index < -0.39 is 0 Å². The van der Waals surface area contributed by atoms with E-state index >= 15 is 0 Å². The summed E-state index contributed by atoms with van der Waals surface area (Å²) in [6.07, 6.45) is 3.78. The van der Waals surface area contributed by atoms with Gasteiger partial charge < -0.3 is 10.2 Å². The van der Waals surface area contributed by atoms with Gasteiger partial charge >= 0.3 is 0 Å². The lowest BCUT2D eigenvalue weighted by atomic mass is 10.1. The van der Waals surface area contributed by atoms with Crippen LogP contribution in [0.4, 0.5) is 5.69 Å². The van der Waals surface area contributed by atoms with E-state index in [1.54, 1.807) is 17.3 Å². The molecule has 120 valence electrons. The average Bonchev–Trinajstić information content (AvgIpc) is 2.88. The molecule has 0 unspecified atom stereocenters. The molecule has 2 heterocycles. The Labute approximate surface area is 135 Å². The summed E-state index contributed by atoms with van der Waals surface area (Å²) >= 11 is 0. The van der Waals surface area contributed by atoms with Crippen LogP contribution in [-0.2, 0) is 9.59 Å². The molecule has 2 amide bonds. The van der Waals surface area contributed by atoms with E-state index in [2.05, 4.69) is 24.1 Å². The van der Waals surface area contributed by atoms with Crippen molar-refractivity contribution in [2.45, 2.75) is 20.3 Å². The summed E-state index contributed by atoms with van der Waals surface area (Å²) in [5.41, 5.74) is 0.768. The minimum atomic E-state index is -0.279. The molecule has 2 aromatic rings. The highest BCUT2D eigenvalue weighted by Crippen LogP contribution is 2.25. The van der Waals surface area contributed by atoms with Gasteiger partial charge in [0.1, 0.15) is 0 Å². The van der Waals surface area contributed by atoms with Crippen molar-refractivity contribution in [1.82, 2.24) is 9.88 Å². The molecular formula is C18H21N3O2. The molecule has 1 N–H and O–H groups in total. The van der Waals surface area contributed by atoms with E-state index in [1.165, 1.54) is 0 Å². The smallest absolute Gasteiger partial charge is 0.229 e. The molecule has 3 rings (SSSR count). The standard InChI is InChI=1S/C18H21N3O2/c1-12(2)10-21-11-14(8-17(21)22)18(23)20-16-5-3-4-13-9-19-7-6-15(13)16/h3-7,9,12,14H,8,10-11H2,1-2H3,(H,20,23)/t14-/m0/s1. The number of pyridine rings is 1. The molecule has 0 spiro atoms. The number of nitrogens with one attached hydrogen (secondary N) is 1. The maximum absolute atomic E-state index is 12.5. The van der Waals surface area contributed by atoms with Gasteiger partial charge in [-0.2, -0.15) is 0 Å². The first kappa shape index (κ1) is 15.5. The Morgan fingerprint density at radius 1 is 1.39 bits per heavy atom. The summed E-state index contributed by atoms with van der Waals surface area (Å²) in [5, 5.41) is 4.91.